The first-order chi connectivity index (χ1) is 11.9. The van der Waals surface area contributed by atoms with Gasteiger partial charge in [-0.15, -0.1) is 0 Å². The average molecular weight is 364 g/mol. The maximum atomic E-state index is 11.1. The van der Waals surface area contributed by atoms with Crippen LogP contribution < -0.4 is 4.74 Å². The summed E-state index contributed by atoms with van der Waals surface area (Å²) in [7, 11) is -4.45. The summed E-state index contributed by atoms with van der Waals surface area (Å²) in [5.41, 5.74) is 1.17. The molecule has 0 aliphatic heterocycles. The molecule has 0 amide bonds. The van der Waals surface area contributed by atoms with E-state index in [0.717, 1.165) is 18.9 Å². The third kappa shape index (κ3) is 6.07. The van der Waals surface area contributed by atoms with E-state index in [9.17, 15) is 13.5 Å². The van der Waals surface area contributed by atoms with Crippen molar-refractivity contribution in [1.82, 2.24) is 0 Å². The maximum absolute atomic E-state index is 11.1. The first-order valence-corrected chi connectivity index (χ1v) is 9.91. The SMILES string of the molecule is CCCCCCCc1cccc(Oc2ccc(S(=O)(=O)O)c(O)c2)c1. The second-order valence-electron chi connectivity index (χ2n) is 6.02. The van der Waals surface area contributed by atoms with Gasteiger partial charge in [-0.1, -0.05) is 44.7 Å². The number of aromatic hydroxyl groups is 1. The molecule has 0 radical (unpaired) electrons. The van der Waals surface area contributed by atoms with Crippen LogP contribution in [0.4, 0.5) is 0 Å². The van der Waals surface area contributed by atoms with Gasteiger partial charge in [-0.25, -0.2) is 0 Å². The van der Waals surface area contributed by atoms with Crippen molar-refractivity contribution in [3.8, 4) is 17.2 Å². The molecule has 6 heteroatoms. The Bertz CT molecular complexity index is 799. The number of unbranched alkanes of at least 4 members (excludes halogenated alkanes) is 4. The highest BCUT2D eigenvalue weighted by atomic mass is 32.2. The van der Waals surface area contributed by atoms with Crippen LogP contribution in [0.2, 0.25) is 0 Å². The Morgan fingerprint density at radius 2 is 1.68 bits per heavy atom. The van der Waals surface area contributed by atoms with E-state index in [1.54, 1.807) is 6.07 Å². The van der Waals surface area contributed by atoms with Crippen molar-refractivity contribution < 1.29 is 22.8 Å². The predicted octanol–water partition coefficient (Wildman–Crippen LogP) is 4.94. The first kappa shape index (κ1) is 19.3. The number of phenolic OH excluding ortho intramolecular Hbond substituents is 1. The van der Waals surface area contributed by atoms with Gasteiger partial charge >= 0.3 is 0 Å². The molecule has 0 aromatic heterocycles. The van der Waals surface area contributed by atoms with E-state index >= 15 is 0 Å². The van der Waals surface area contributed by atoms with Gasteiger partial charge in [0.25, 0.3) is 10.1 Å². The van der Waals surface area contributed by atoms with Crippen LogP contribution in [0.1, 0.15) is 44.6 Å². The molecule has 2 aromatic carbocycles. The van der Waals surface area contributed by atoms with Gasteiger partial charge in [0.1, 0.15) is 22.1 Å². The minimum atomic E-state index is -4.45. The van der Waals surface area contributed by atoms with Gasteiger partial charge in [-0.2, -0.15) is 8.42 Å². The summed E-state index contributed by atoms with van der Waals surface area (Å²) in [4.78, 5) is -0.541. The van der Waals surface area contributed by atoms with Crippen molar-refractivity contribution in [2.45, 2.75) is 50.3 Å². The molecule has 0 unspecified atom stereocenters. The van der Waals surface area contributed by atoms with Crippen molar-refractivity contribution in [1.29, 1.82) is 0 Å². The Balaban J connectivity index is 2.01. The van der Waals surface area contributed by atoms with Crippen molar-refractivity contribution in [2.24, 2.45) is 0 Å². The molecule has 0 atom stereocenters. The molecule has 136 valence electrons. The summed E-state index contributed by atoms with van der Waals surface area (Å²) in [6, 6.07) is 11.4. The zero-order chi connectivity index (χ0) is 18.3. The van der Waals surface area contributed by atoms with E-state index in [1.165, 1.54) is 43.4 Å². The van der Waals surface area contributed by atoms with Crippen molar-refractivity contribution in [3.05, 3.63) is 48.0 Å². The zero-order valence-electron chi connectivity index (χ0n) is 14.3. The van der Waals surface area contributed by atoms with Crippen LogP contribution in [-0.4, -0.2) is 18.1 Å². The molecule has 0 saturated carbocycles. The van der Waals surface area contributed by atoms with E-state index < -0.39 is 20.8 Å². The Labute approximate surface area is 149 Å². The topological polar surface area (TPSA) is 83.8 Å². The van der Waals surface area contributed by atoms with Gasteiger partial charge in [0.15, 0.2) is 0 Å². The number of aryl methyl sites for hydroxylation is 1. The second kappa shape index (κ2) is 8.87. The summed E-state index contributed by atoms with van der Waals surface area (Å²) < 4.78 is 36.8. The molecule has 5 nitrogen and oxygen atoms in total. The molecule has 2 rings (SSSR count). The monoisotopic (exact) mass is 364 g/mol. The molecule has 2 aromatic rings. The fraction of sp³-hybridized carbons (Fsp3) is 0.368. The summed E-state index contributed by atoms with van der Waals surface area (Å²) >= 11 is 0. The van der Waals surface area contributed by atoms with Gasteiger partial charge in [0.05, 0.1) is 0 Å². The Morgan fingerprint density at radius 3 is 2.36 bits per heavy atom. The van der Waals surface area contributed by atoms with Crippen LogP contribution in [0.15, 0.2) is 47.4 Å². The number of benzene rings is 2. The first-order valence-electron chi connectivity index (χ1n) is 8.47. The van der Waals surface area contributed by atoms with Gasteiger partial charge in [0.2, 0.25) is 0 Å². The summed E-state index contributed by atoms with van der Waals surface area (Å²) in [5.74, 6) is 0.363. The lowest BCUT2D eigenvalue weighted by atomic mass is 10.1. The lowest BCUT2D eigenvalue weighted by molar-refractivity contribution is 0.433. The van der Waals surface area contributed by atoms with E-state index in [2.05, 4.69) is 6.92 Å². The Morgan fingerprint density at radius 1 is 0.960 bits per heavy atom. The second-order valence-corrected chi connectivity index (χ2v) is 7.41. The standard InChI is InChI=1S/C19H24O5S/c1-2-3-4-5-6-8-15-9-7-10-16(13-15)24-17-11-12-19(18(20)14-17)25(21,22)23/h7,9-14,20H,2-6,8H2,1H3,(H,21,22,23). The molecular formula is C19H24O5S. The molecule has 0 aliphatic carbocycles. The number of ether oxygens (including phenoxy) is 1. The minimum absolute atomic E-state index is 0.296. The normalized spacial score (nSPS) is 11.4. The highest BCUT2D eigenvalue weighted by Crippen LogP contribution is 2.30. The summed E-state index contributed by atoms with van der Waals surface area (Å²) in [5, 5.41) is 9.73. The number of hydrogen-bond donors (Lipinski definition) is 2. The van der Waals surface area contributed by atoms with Crippen LogP contribution in [-0.2, 0) is 16.5 Å². The predicted molar refractivity (Wildman–Crippen MR) is 96.9 cm³/mol. The van der Waals surface area contributed by atoms with Crippen molar-refractivity contribution >= 4 is 10.1 Å². The van der Waals surface area contributed by atoms with Crippen molar-refractivity contribution in [3.63, 3.8) is 0 Å². The maximum Gasteiger partial charge on any atom is 0.298 e. The van der Waals surface area contributed by atoms with E-state index in [4.69, 9.17) is 9.29 Å². The van der Waals surface area contributed by atoms with Gasteiger partial charge in [-0.05, 0) is 42.7 Å². The molecule has 25 heavy (non-hydrogen) atoms. The molecule has 0 bridgehead atoms. The average Bonchev–Trinajstić information content (AvgIpc) is 2.54. The third-order valence-electron chi connectivity index (χ3n) is 3.91. The quantitative estimate of drug-likeness (QED) is 0.486. The number of phenols is 1. The smallest absolute Gasteiger partial charge is 0.298 e. The summed E-state index contributed by atoms with van der Waals surface area (Å²) in [6.45, 7) is 2.20. The fourth-order valence-electron chi connectivity index (χ4n) is 2.61. The van der Waals surface area contributed by atoms with Crippen LogP contribution in [0.25, 0.3) is 0 Å². The van der Waals surface area contributed by atoms with Crippen molar-refractivity contribution in [2.75, 3.05) is 0 Å². The highest BCUT2D eigenvalue weighted by molar-refractivity contribution is 7.86. The lowest BCUT2D eigenvalue weighted by Gasteiger charge is -2.09. The zero-order valence-corrected chi connectivity index (χ0v) is 15.1. The van der Waals surface area contributed by atoms with Gasteiger partial charge < -0.3 is 9.84 Å². The van der Waals surface area contributed by atoms with E-state index in [-0.39, 0.29) is 0 Å². The van der Waals surface area contributed by atoms with Gasteiger partial charge in [0, 0.05) is 6.07 Å². The molecule has 0 spiro atoms. The third-order valence-corrected chi connectivity index (χ3v) is 4.81. The highest BCUT2D eigenvalue weighted by Gasteiger charge is 2.16. The molecule has 2 N–H and O–H groups in total. The van der Waals surface area contributed by atoms with Gasteiger partial charge in [-0.3, -0.25) is 4.55 Å². The fourth-order valence-corrected chi connectivity index (χ4v) is 3.18. The minimum Gasteiger partial charge on any atom is -0.506 e. The largest absolute Gasteiger partial charge is 0.506 e. The van der Waals surface area contributed by atoms with Crippen LogP contribution in [0, 0.1) is 0 Å². The lowest BCUT2D eigenvalue weighted by Crippen LogP contribution is -1.98. The molecule has 0 aliphatic rings. The van der Waals surface area contributed by atoms with Crippen LogP contribution in [0.5, 0.6) is 17.2 Å². The molecule has 0 saturated heterocycles. The van der Waals surface area contributed by atoms with Crippen LogP contribution >= 0.6 is 0 Å². The van der Waals surface area contributed by atoms with Crippen LogP contribution in [0.3, 0.4) is 0 Å². The Kier molecular flexibility index (Phi) is 6.84. The summed E-state index contributed by atoms with van der Waals surface area (Å²) in [6.07, 6.45) is 7.08. The molecule has 0 fully saturated rings. The number of hydrogen-bond acceptors (Lipinski definition) is 4. The number of rotatable bonds is 9. The molecule has 0 heterocycles. The molecular weight excluding hydrogens is 340 g/mol. The Hall–Kier alpha value is -2.05. The van der Waals surface area contributed by atoms with E-state index in [0.29, 0.717) is 11.5 Å². The van der Waals surface area contributed by atoms with E-state index in [1.807, 2.05) is 18.2 Å².